The Kier molecular flexibility index (Phi) is 4.59. The molecule has 1 heterocycles. The van der Waals surface area contributed by atoms with Crippen LogP contribution < -0.4 is 14.8 Å². The number of piperidine rings is 1. The van der Waals surface area contributed by atoms with Gasteiger partial charge in [0.05, 0.1) is 14.2 Å². The lowest BCUT2D eigenvalue weighted by molar-refractivity contribution is 0.374. The summed E-state index contributed by atoms with van der Waals surface area (Å²) in [7, 11) is 3.51. The number of hydrogen-bond acceptors (Lipinski definition) is 3. The van der Waals surface area contributed by atoms with Crippen molar-refractivity contribution in [2.24, 2.45) is 0 Å². The molecule has 1 aliphatic heterocycles. The van der Waals surface area contributed by atoms with Gasteiger partial charge in [0.2, 0.25) is 0 Å². The van der Waals surface area contributed by atoms with E-state index in [0.717, 1.165) is 24.6 Å². The SMILES string of the molecule is COc1cc(C(C)(C)C)c(OC)cc1C1CCCNC1. The van der Waals surface area contributed by atoms with Crippen molar-refractivity contribution < 1.29 is 9.47 Å². The van der Waals surface area contributed by atoms with E-state index in [1.165, 1.54) is 24.0 Å². The van der Waals surface area contributed by atoms with Crippen molar-refractivity contribution in [1.29, 1.82) is 0 Å². The lowest BCUT2D eigenvalue weighted by Crippen LogP contribution is -2.28. The van der Waals surface area contributed by atoms with E-state index in [9.17, 15) is 0 Å². The summed E-state index contributed by atoms with van der Waals surface area (Å²) in [6.45, 7) is 8.74. The van der Waals surface area contributed by atoms with Crippen LogP contribution in [0.3, 0.4) is 0 Å². The molecule has 112 valence electrons. The molecule has 1 saturated heterocycles. The lowest BCUT2D eigenvalue weighted by Gasteiger charge is -2.28. The molecular formula is C17H27NO2. The van der Waals surface area contributed by atoms with Gasteiger partial charge in [0.1, 0.15) is 11.5 Å². The topological polar surface area (TPSA) is 30.5 Å². The van der Waals surface area contributed by atoms with Crippen LogP contribution >= 0.6 is 0 Å². The summed E-state index contributed by atoms with van der Waals surface area (Å²) in [5, 5.41) is 3.47. The largest absolute Gasteiger partial charge is 0.496 e. The van der Waals surface area contributed by atoms with E-state index < -0.39 is 0 Å². The summed E-state index contributed by atoms with van der Waals surface area (Å²) in [6.07, 6.45) is 2.43. The summed E-state index contributed by atoms with van der Waals surface area (Å²) in [4.78, 5) is 0. The van der Waals surface area contributed by atoms with Crippen LogP contribution in [-0.2, 0) is 5.41 Å². The van der Waals surface area contributed by atoms with Crippen LogP contribution in [0.2, 0.25) is 0 Å². The number of ether oxygens (including phenoxy) is 2. The fourth-order valence-electron chi connectivity index (χ4n) is 2.94. The predicted octanol–water partition coefficient (Wildman–Crippen LogP) is 3.47. The van der Waals surface area contributed by atoms with Crippen LogP contribution in [0, 0.1) is 0 Å². The maximum atomic E-state index is 5.65. The average molecular weight is 277 g/mol. The van der Waals surface area contributed by atoms with E-state index in [1.807, 2.05) is 0 Å². The summed E-state index contributed by atoms with van der Waals surface area (Å²) in [5.74, 6) is 2.48. The van der Waals surface area contributed by atoms with Crippen LogP contribution in [0.25, 0.3) is 0 Å². The van der Waals surface area contributed by atoms with Crippen LogP contribution in [0.5, 0.6) is 11.5 Å². The number of nitrogens with one attached hydrogen (secondary N) is 1. The monoisotopic (exact) mass is 277 g/mol. The number of benzene rings is 1. The summed E-state index contributed by atoms with van der Waals surface area (Å²) in [6, 6.07) is 4.33. The third-order valence-corrected chi connectivity index (χ3v) is 4.10. The predicted molar refractivity (Wildman–Crippen MR) is 83.1 cm³/mol. The van der Waals surface area contributed by atoms with E-state index in [1.54, 1.807) is 14.2 Å². The first-order valence-corrected chi connectivity index (χ1v) is 7.44. The molecular weight excluding hydrogens is 250 g/mol. The van der Waals surface area contributed by atoms with E-state index in [4.69, 9.17) is 9.47 Å². The second kappa shape index (κ2) is 6.04. The van der Waals surface area contributed by atoms with E-state index in [2.05, 4.69) is 38.2 Å². The van der Waals surface area contributed by atoms with Gasteiger partial charge in [-0.15, -0.1) is 0 Å². The second-order valence-corrected chi connectivity index (χ2v) is 6.59. The molecule has 1 atom stereocenters. The zero-order valence-corrected chi connectivity index (χ0v) is 13.4. The van der Waals surface area contributed by atoms with Crippen molar-refractivity contribution in [2.75, 3.05) is 27.3 Å². The molecule has 1 unspecified atom stereocenters. The van der Waals surface area contributed by atoms with E-state index in [0.29, 0.717) is 5.92 Å². The van der Waals surface area contributed by atoms with Crippen LogP contribution in [0.15, 0.2) is 12.1 Å². The van der Waals surface area contributed by atoms with Gasteiger partial charge in [-0.05, 0) is 36.9 Å². The van der Waals surface area contributed by atoms with Gasteiger partial charge in [0.25, 0.3) is 0 Å². The molecule has 2 rings (SSSR count). The van der Waals surface area contributed by atoms with E-state index >= 15 is 0 Å². The molecule has 1 aromatic rings. The maximum absolute atomic E-state index is 5.65. The third-order valence-electron chi connectivity index (χ3n) is 4.10. The van der Waals surface area contributed by atoms with Crippen molar-refractivity contribution in [1.82, 2.24) is 5.32 Å². The molecule has 0 aromatic heterocycles. The Morgan fingerprint density at radius 1 is 1.10 bits per heavy atom. The summed E-state index contributed by atoms with van der Waals surface area (Å²) in [5.41, 5.74) is 2.51. The van der Waals surface area contributed by atoms with Gasteiger partial charge in [-0.25, -0.2) is 0 Å². The molecule has 0 saturated carbocycles. The molecule has 1 aromatic carbocycles. The first-order chi connectivity index (χ1) is 9.47. The Hall–Kier alpha value is -1.22. The summed E-state index contributed by atoms with van der Waals surface area (Å²) >= 11 is 0. The van der Waals surface area contributed by atoms with Gasteiger partial charge in [-0.2, -0.15) is 0 Å². The minimum atomic E-state index is 0.0436. The number of methoxy groups -OCH3 is 2. The van der Waals surface area contributed by atoms with Crippen molar-refractivity contribution in [3.63, 3.8) is 0 Å². The van der Waals surface area contributed by atoms with Crippen LogP contribution in [0.4, 0.5) is 0 Å². The van der Waals surface area contributed by atoms with Crippen LogP contribution in [-0.4, -0.2) is 27.3 Å². The fraction of sp³-hybridized carbons (Fsp3) is 0.647. The first-order valence-electron chi connectivity index (χ1n) is 7.44. The highest BCUT2D eigenvalue weighted by Gasteiger charge is 2.25. The molecule has 1 N–H and O–H groups in total. The number of rotatable bonds is 3. The maximum Gasteiger partial charge on any atom is 0.123 e. The van der Waals surface area contributed by atoms with E-state index in [-0.39, 0.29) is 5.41 Å². The molecule has 0 radical (unpaired) electrons. The number of hydrogen-bond donors (Lipinski definition) is 1. The van der Waals surface area contributed by atoms with Crippen molar-refractivity contribution >= 4 is 0 Å². The Labute approximate surface area is 122 Å². The minimum absolute atomic E-state index is 0.0436. The zero-order valence-electron chi connectivity index (χ0n) is 13.4. The molecule has 3 heteroatoms. The van der Waals surface area contributed by atoms with Crippen molar-refractivity contribution in [3.8, 4) is 11.5 Å². The molecule has 0 amide bonds. The van der Waals surface area contributed by atoms with Crippen molar-refractivity contribution in [3.05, 3.63) is 23.3 Å². The molecule has 1 fully saturated rings. The smallest absolute Gasteiger partial charge is 0.123 e. The molecule has 0 bridgehead atoms. The standard InChI is InChI=1S/C17H27NO2/c1-17(2,3)14-10-15(19-4)13(9-16(14)20-5)12-7-6-8-18-11-12/h9-10,12,18H,6-8,11H2,1-5H3. The van der Waals surface area contributed by atoms with Gasteiger partial charge in [0.15, 0.2) is 0 Å². The van der Waals surface area contributed by atoms with Gasteiger partial charge in [-0.3, -0.25) is 0 Å². The molecule has 20 heavy (non-hydrogen) atoms. The van der Waals surface area contributed by atoms with Gasteiger partial charge in [0, 0.05) is 23.6 Å². The van der Waals surface area contributed by atoms with Gasteiger partial charge < -0.3 is 14.8 Å². The van der Waals surface area contributed by atoms with Gasteiger partial charge in [-0.1, -0.05) is 20.8 Å². The lowest BCUT2D eigenvalue weighted by atomic mass is 9.83. The third kappa shape index (κ3) is 3.09. The highest BCUT2D eigenvalue weighted by molar-refractivity contribution is 5.50. The van der Waals surface area contributed by atoms with Crippen LogP contribution in [0.1, 0.15) is 50.7 Å². The molecule has 3 nitrogen and oxygen atoms in total. The second-order valence-electron chi connectivity index (χ2n) is 6.59. The zero-order chi connectivity index (χ0) is 14.8. The Balaban J connectivity index is 2.46. The normalized spacial score (nSPS) is 19.8. The minimum Gasteiger partial charge on any atom is -0.496 e. The quantitative estimate of drug-likeness (QED) is 0.917. The Bertz CT molecular complexity index is 457. The Morgan fingerprint density at radius 2 is 1.80 bits per heavy atom. The first kappa shape index (κ1) is 15.2. The molecule has 0 aliphatic carbocycles. The molecule has 0 spiro atoms. The fourth-order valence-corrected chi connectivity index (χ4v) is 2.94. The highest BCUT2D eigenvalue weighted by atomic mass is 16.5. The summed E-state index contributed by atoms with van der Waals surface area (Å²) < 4.78 is 11.3. The highest BCUT2D eigenvalue weighted by Crippen LogP contribution is 2.40. The Morgan fingerprint density at radius 3 is 2.30 bits per heavy atom. The average Bonchev–Trinajstić information content (AvgIpc) is 2.45. The van der Waals surface area contributed by atoms with Gasteiger partial charge >= 0.3 is 0 Å². The molecule has 1 aliphatic rings. The van der Waals surface area contributed by atoms with Crippen molar-refractivity contribution in [2.45, 2.75) is 44.9 Å².